The maximum Gasteiger partial charge on any atom is 0.321 e. The molecule has 0 radical (unpaired) electrons. The van der Waals surface area contributed by atoms with E-state index in [1.807, 2.05) is 30.5 Å². The van der Waals surface area contributed by atoms with E-state index in [0.717, 1.165) is 42.3 Å². The van der Waals surface area contributed by atoms with Crippen LogP contribution in [0.2, 0.25) is 0 Å². The first-order chi connectivity index (χ1) is 9.72. The molecule has 1 unspecified atom stereocenters. The number of aromatic nitrogens is 1. The van der Waals surface area contributed by atoms with Crippen LogP contribution in [0.5, 0.6) is 0 Å². The molecule has 0 saturated carbocycles. The highest BCUT2D eigenvalue weighted by atomic mass is 16.4. The van der Waals surface area contributed by atoms with Crippen LogP contribution < -0.4 is 5.32 Å². The zero-order valence-electron chi connectivity index (χ0n) is 11.9. The first kappa shape index (κ1) is 14.6. The van der Waals surface area contributed by atoms with E-state index in [2.05, 4.69) is 17.2 Å². The number of para-hydroxylation sites is 1. The number of benzene rings is 1. The van der Waals surface area contributed by atoms with Gasteiger partial charge in [0.15, 0.2) is 0 Å². The molecule has 3 N–H and O–H groups in total. The normalized spacial score (nSPS) is 12.7. The number of H-pyrrole nitrogens is 1. The SMILES string of the molecule is CCCCCNC(Cc1c[nH]c2ccccc12)C(=O)O. The van der Waals surface area contributed by atoms with E-state index in [9.17, 15) is 9.90 Å². The Morgan fingerprint density at radius 3 is 2.90 bits per heavy atom. The molecule has 0 aliphatic carbocycles. The van der Waals surface area contributed by atoms with E-state index in [4.69, 9.17) is 0 Å². The largest absolute Gasteiger partial charge is 0.480 e. The second-order valence-electron chi connectivity index (χ2n) is 5.12. The molecular formula is C16H22N2O2. The smallest absolute Gasteiger partial charge is 0.321 e. The van der Waals surface area contributed by atoms with Gasteiger partial charge in [-0.1, -0.05) is 38.0 Å². The van der Waals surface area contributed by atoms with E-state index in [1.165, 1.54) is 0 Å². The Bertz CT molecular complexity index is 562. The first-order valence-electron chi connectivity index (χ1n) is 7.23. The van der Waals surface area contributed by atoms with E-state index >= 15 is 0 Å². The van der Waals surface area contributed by atoms with E-state index in [0.29, 0.717) is 6.42 Å². The van der Waals surface area contributed by atoms with Crippen LogP contribution >= 0.6 is 0 Å². The number of fused-ring (bicyclic) bond motifs is 1. The van der Waals surface area contributed by atoms with Gasteiger partial charge in [-0.2, -0.15) is 0 Å². The van der Waals surface area contributed by atoms with Crippen LogP contribution in [0.25, 0.3) is 10.9 Å². The molecule has 1 aromatic heterocycles. The summed E-state index contributed by atoms with van der Waals surface area (Å²) in [4.78, 5) is 14.5. The Morgan fingerprint density at radius 1 is 1.35 bits per heavy atom. The number of carboxylic acid groups (broad SMARTS) is 1. The molecule has 0 saturated heterocycles. The summed E-state index contributed by atoms with van der Waals surface area (Å²) in [6.07, 6.45) is 5.71. The van der Waals surface area contributed by atoms with Crippen molar-refractivity contribution in [3.05, 3.63) is 36.0 Å². The van der Waals surface area contributed by atoms with E-state index < -0.39 is 12.0 Å². The highest BCUT2D eigenvalue weighted by Crippen LogP contribution is 2.19. The fraction of sp³-hybridized carbons (Fsp3) is 0.438. The minimum absolute atomic E-state index is 0.505. The van der Waals surface area contributed by atoms with Crippen molar-refractivity contribution >= 4 is 16.9 Å². The summed E-state index contributed by atoms with van der Waals surface area (Å²) in [7, 11) is 0. The molecule has 20 heavy (non-hydrogen) atoms. The maximum atomic E-state index is 11.4. The lowest BCUT2D eigenvalue weighted by atomic mass is 10.0. The molecule has 108 valence electrons. The minimum Gasteiger partial charge on any atom is -0.480 e. The molecule has 0 amide bonds. The number of nitrogens with one attached hydrogen (secondary N) is 2. The van der Waals surface area contributed by atoms with Crippen LogP contribution in [-0.4, -0.2) is 28.6 Å². The predicted molar refractivity (Wildman–Crippen MR) is 81.0 cm³/mol. The van der Waals surface area contributed by atoms with Crippen LogP contribution in [0.4, 0.5) is 0 Å². The summed E-state index contributed by atoms with van der Waals surface area (Å²) in [6.45, 7) is 2.90. The fourth-order valence-corrected chi connectivity index (χ4v) is 2.42. The van der Waals surface area contributed by atoms with Crippen LogP contribution in [0, 0.1) is 0 Å². The predicted octanol–water partition coefficient (Wildman–Crippen LogP) is 2.94. The first-order valence-corrected chi connectivity index (χ1v) is 7.23. The van der Waals surface area contributed by atoms with Gasteiger partial charge in [0.1, 0.15) is 6.04 Å². The lowest BCUT2D eigenvalue weighted by Gasteiger charge is -2.14. The quantitative estimate of drug-likeness (QED) is 0.648. The van der Waals surface area contributed by atoms with Gasteiger partial charge < -0.3 is 15.4 Å². The van der Waals surface area contributed by atoms with Crippen molar-refractivity contribution in [2.75, 3.05) is 6.54 Å². The van der Waals surface area contributed by atoms with Crippen LogP contribution in [-0.2, 0) is 11.2 Å². The molecule has 4 nitrogen and oxygen atoms in total. The summed E-state index contributed by atoms with van der Waals surface area (Å²) in [5.41, 5.74) is 2.11. The molecule has 4 heteroatoms. The zero-order chi connectivity index (χ0) is 14.4. The molecule has 1 aromatic carbocycles. The van der Waals surface area contributed by atoms with Crippen LogP contribution in [0.15, 0.2) is 30.5 Å². The highest BCUT2D eigenvalue weighted by molar-refractivity contribution is 5.84. The Hall–Kier alpha value is -1.81. The number of rotatable bonds is 8. The average Bonchev–Trinajstić information content (AvgIpc) is 2.85. The maximum absolute atomic E-state index is 11.4. The highest BCUT2D eigenvalue weighted by Gasteiger charge is 2.18. The third-order valence-electron chi connectivity index (χ3n) is 3.57. The number of aliphatic carboxylic acids is 1. The molecule has 2 rings (SSSR count). The van der Waals surface area contributed by atoms with Gasteiger partial charge in [-0.3, -0.25) is 4.79 Å². The molecular weight excluding hydrogens is 252 g/mol. The Labute approximate surface area is 119 Å². The Morgan fingerprint density at radius 2 is 2.15 bits per heavy atom. The summed E-state index contributed by atoms with van der Waals surface area (Å²) >= 11 is 0. The topological polar surface area (TPSA) is 65.1 Å². The van der Waals surface area contributed by atoms with Crippen molar-refractivity contribution in [2.45, 2.75) is 38.6 Å². The number of hydrogen-bond acceptors (Lipinski definition) is 2. The Balaban J connectivity index is 2.02. The summed E-state index contributed by atoms with van der Waals surface area (Å²) in [5.74, 6) is -0.785. The summed E-state index contributed by atoms with van der Waals surface area (Å²) in [5, 5.41) is 13.6. The molecule has 0 bridgehead atoms. The van der Waals surface area contributed by atoms with Crippen LogP contribution in [0.1, 0.15) is 31.7 Å². The third-order valence-corrected chi connectivity index (χ3v) is 3.57. The van der Waals surface area contributed by atoms with Gasteiger partial charge >= 0.3 is 5.97 Å². The van der Waals surface area contributed by atoms with Crippen molar-refractivity contribution in [3.8, 4) is 0 Å². The number of carbonyl (C=O) groups is 1. The van der Waals surface area contributed by atoms with E-state index in [1.54, 1.807) is 0 Å². The van der Waals surface area contributed by atoms with Gasteiger partial charge in [-0.05, 0) is 24.6 Å². The number of unbranched alkanes of at least 4 members (excludes halogenated alkanes) is 2. The summed E-state index contributed by atoms with van der Waals surface area (Å²) < 4.78 is 0. The van der Waals surface area contributed by atoms with Gasteiger partial charge in [-0.25, -0.2) is 0 Å². The summed E-state index contributed by atoms with van der Waals surface area (Å²) in [6, 6.07) is 7.45. The van der Waals surface area contributed by atoms with Gasteiger partial charge in [0.05, 0.1) is 0 Å². The molecule has 0 aliphatic heterocycles. The molecule has 1 atom stereocenters. The molecule has 0 fully saturated rings. The van der Waals surface area contributed by atoms with Gasteiger partial charge in [-0.15, -0.1) is 0 Å². The molecule has 0 spiro atoms. The second-order valence-corrected chi connectivity index (χ2v) is 5.12. The van der Waals surface area contributed by atoms with Crippen molar-refractivity contribution in [2.24, 2.45) is 0 Å². The van der Waals surface area contributed by atoms with Crippen molar-refractivity contribution in [3.63, 3.8) is 0 Å². The van der Waals surface area contributed by atoms with Gasteiger partial charge in [0, 0.05) is 23.5 Å². The third kappa shape index (κ3) is 3.61. The lowest BCUT2D eigenvalue weighted by molar-refractivity contribution is -0.139. The number of aromatic amines is 1. The van der Waals surface area contributed by atoms with Gasteiger partial charge in [0.25, 0.3) is 0 Å². The fourth-order valence-electron chi connectivity index (χ4n) is 2.42. The monoisotopic (exact) mass is 274 g/mol. The van der Waals surface area contributed by atoms with Crippen molar-refractivity contribution < 1.29 is 9.90 Å². The van der Waals surface area contributed by atoms with E-state index in [-0.39, 0.29) is 0 Å². The zero-order valence-corrected chi connectivity index (χ0v) is 11.9. The molecule has 1 heterocycles. The van der Waals surface area contributed by atoms with Crippen LogP contribution in [0.3, 0.4) is 0 Å². The second kappa shape index (κ2) is 7.10. The lowest BCUT2D eigenvalue weighted by Crippen LogP contribution is -2.39. The average molecular weight is 274 g/mol. The Kier molecular flexibility index (Phi) is 5.18. The molecule has 2 aromatic rings. The number of carboxylic acids is 1. The standard InChI is InChI=1S/C16H22N2O2/c1-2-3-6-9-17-15(16(19)20)10-12-11-18-14-8-5-4-7-13(12)14/h4-5,7-8,11,15,17-18H,2-3,6,9-10H2,1H3,(H,19,20). The number of hydrogen-bond donors (Lipinski definition) is 3. The van der Waals surface area contributed by atoms with Gasteiger partial charge in [0.2, 0.25) is 0 Å². The molecule has 0 aliphatic rings. The van der Waals surface area contributed by atoms with Crippen molar-refractivity contribution in [1.82, 2.24) is 10.3 Å². The van der Waals surface area contributed by atoms with Crippen molar-refractivity contribution in [1.29, 1.82) is 0 Å². The minimum atomic E-state index is -0.785.